The van der Waals surface area contributed by atoms with Crippen molar-refractivity contribution in [1.29, 1.82) is 0 Å². The van der Waals surface area contributed by atoms with Gasteiger partial charge in [-0.1, -0.05) is 6.92 Å². The van der Waals surface area contributed by atoms with Gasteiger partial charge < -0.3 is 9.52 Å². The topological polar surface area (TPSA) is 87.8 Å². The van der Waals surface area contributed by atoms with E-state index in [-0.39, 0.29) is 14.8 Å². The first-order valence-corrected chi connectivity index (χ1v) is 8.75. The summed E-state index contributed by atoms with van der Waals surface area (Å²) in [6.07, 6.45) is 0. The summed E-state index contributed by atoms with van der Waals surface area (Å²) in [7, 11) is -3.72. The second kappa shape index (κ2) is 5.47. The molecule has 0 radical (unpaired) electrons. The maximum absolute atomic E-state index is 12.4. The van der Waals surface area contributed by atoms with E-state index in [1.807, 2.05) is 6.92 Å². The molecule has 0 amide bonds. The molecule has 1 atom stereocenters. The monoisotopic (exact) mass is 369 g/mol. The zero-order chi connectivity index (χ0) is 14.2. The lowest BCUT2D eigenvalue weighted by Gasteiger charge is -2.29. The summed E-state index contributed by atoms with van der Waals surface area (Å²) < 4.78 is 31.0. The Morgan fingerprint density at radius 3 is 2.84 bits per heavy atom. The number of carboxylic acids is 1. The molecule has 0 aromatic carbocycles. The van der Waals surface area contributed by atoms with E-state index in [2.05, 4.69) is 15.9 Å². The van der Waals surface area contributed by atoms with E-state index in [4.69, 9.17) is 9.52 Å². The highest BCUT2D eigenvalue weighted by atomic mass is 79.9. The first kappa shape index (κ1) is 14.9. The number of hydrogen-bond acceptors (Lipinski definition) is 5. The zero-order valence-electron chi connectivity index (χ0n) is 10.00. The number of aromatic carboxylic acids is 1. The summed E-state index contributed by atoms with van der Waals surface area (Å²) in [5.74, 6) is -0.976. The molecular weight excluding hydrogens is 358 g/mol. The third-order valence-electron chi connectivity index (χ3n) is 2.69. The molecule has 1 unspecified atom stereocenters. The molecule has 1 N–H and O–H groups in total. The van der Waals surface area contributed by atoms with Crippen LogP contribution < -0.4 is 0 Å². The lowest BCUT2D eigenvalue weighted by molar-refractivity contribution is 0.0661. The molecule has 9 heteroatoms. The van der Waals surface area contributed by atoms with E-state index in [0.717, 1.165) is 11.8 Å². The second-order valence-corrected chi connectivity index (χ2v) is 8.27. The van der Waals surface area contributed by atoms with E-state index < -0.39 is 21.8 Å². The molecule has 19 heavy (non-hydrogen) atoms. The molecular formula is C10H12BrNO5S2. The Balaban J connectivity index is 2.36. The molecule has 1 saturated heterocycles. The third kappa shape index (κ3) is 2.99. The number of nitrogens with zero attached hydrogens (tertiary/aromatic N) is 1. The fourth-order valence-corrected chi connectivity index (χ4v) is 5.43. The predicted molar refractivity (Wildman–Crippen MR) is 74.0 cm³/mol. The minimum Gasteiger partial charge on any atom is -0.475 e. The van der Waals surface area contributed by atoms with E-state index in [9.17, 15) is 13.2 Å². The average molecular weight is 370 g/mol. The Labute approximate surface area is 123 Å². The van der Waals surface area contributed by atoms with Crippen LogP contribution in [0.4, 0.5) is 0 Å². The van der Waals surface area contributed by atoms with Crippen molar-refractivity contribution >= 4 is 43.7 Å². The maximum atomic E-state index is 12.4. The fraction of sp³-hybridized carbons (Fsp3) is 0.500. The second-order valence-electron chi connectivity index (χ2n) is 4.10. The van der Waals surface area contributed by atoms with Crippen LogP contribution in [-0.4, -0.2) is 47.9 Å². The third-order valence-corrected chi connectivity index (χ3v) is 6.55. The van der Waals surface area contributed by atoms with Gasteiger partial charge in [-0.05, 0) is 15.9 Å². The summed E-state index contributed by atoms with van der Waals surface area (Å²) in [5.41, 5.74) is 0. The van der Waals surface area contributed by atoms with Gasteiger partial charge in [0.15, 0.2) is 4.67 Å². The van der Waals surface area contributed by atoms with E-state index in [1.54, 1.807) is 11.8 Å². The fourth-order valence-electron chi connectivity index (χ4n) is 1.78. The van der Waals surface area contributed by atoms with Crippen molar-refractivity contribution in [3.63, 3.8) is 0 Å². The molecule has 0 spiro atoms. The van der Waals surface area contributed by atoms with Crippen LogP contribution in [-0.2, 0) is 10.0 Å². The van der Waals surface area contributed by atoms with Crippen LogP contribution in [0.1, 0.15) is 17.5 Å². The quantitative estimate of drug-likeness (QED) is 0.874. The van der Waals surface area contributed by atoms with Crippen molar-refractivity contribution in [2.75, 3.05) is 18.8 Å². The highest BCUT2D eigenvalue weighted by molar-refractivity contribution is 9.10. The van der Waals surface area contributed by atoms with E-state index in [0.29, 0.717) is 13.1 Å². The number of thioether (sulfide) groups is 1. The molecule has 6 nitrogen and oxygen atoms in total. The van der Waals surface area contributed by atoms with Crippen LogP contribution >= 0.6 is 27.7 Å². The number of furan rings is 1. The van der Waals surface area contributed by atoms with Gasteiger partial charge in [-0.15, -0.1) is 0 Å². The highest BCUT2D eigenvalue weighted by Crippen LogP contribution is 2.31. The van der Waals surface area contributed by atoms with Crippen molar-refractivity contribution in [1.82, 2.24) is 4.31 Å². The van der Waals surface area contributed by atoms with Crippen molar-refractivity contribution in [2.24, 2.45) is 0 Å². The SMILES string of the molecule is CC1CN(S(=O)(=O)c2cc(C(=O)O)oc2Br)CCS1. The van der Waals surface area contributed by atoms with Gasteiger partial charge in [0.1, 0.15) is 4.90 Å². The van der Waals surface area contributed by atoms with Gasteiger partial charge in [0.25, 0.3) is 0 Å². The molecule has 0 bridgehead atoms. The summed E-state index contributed by atoms with van der Waals surface area (Å²) in [5, 5.41) is 9.03. The normalized spacial score (nSPS) is 21.5. The standard InChI is InChI=1S/C10H12BrNO5S2/c1-6-5-12(2-3-18-6)19(15,16)8-4-7(10(13)14)17-9(8)11/h4,6H,2-3,5H2,1H3,(H,13,14). The van der Waals surface area contributed by atoms with Gasteiger partial charge in [-0.2, -0.15) is 16.1 Å². The minimum absolute atomic E-state index is 0.0734. The van der Waals surface area contributed by atoms with Crippen LogP contribution in [0.3, 0.4) is 0 Å². The van der Waals surface area contributed by atoms with Gasteiger partial charge >= 0.3 is 5.97 Å². The molecule has 0 aliphatic carbocycles. The molecule has 1 aliphatic heterocycles. The number of halogens is 1. The molecule has 1 aromatic rings. The smallest absolute Gasteiger partial charge is 0.371 e. The van der Waals surface area contributed by atoms with Crippen molar-refractivity contribution < 1.29 is 22.7 Å². The summed E-state index contributed by atoms with van der Waals surface area (Å²) in [4.78, 5) is 10.7. The van der Waals surface area contributed by atoms with Crippen molar-refractivity contribution in [3.8, 4) is 0 Å². The van der Waals surface area contributed by atoms with Crippen molar-refractivity contribution in [3.05, 3.63) is 16.5 Å². The largest absolute Gasteiger partial charge is 0.475 e. The molecule has 2 rings (SSSR count). The van der Waals surface area contributed by atoms with Gasteiger partial charge in [0.2, 0.25) is 15.8 Å². The highest BCUT2D eigenvalue weighted by Gasteiger charge is 2.33. The zero-order valence-corrected chi connectivity index (χ0v) is 13.2. The number of sulfonamides is 1. The van der Waals surface area contributed by atoms with Crippen molar-refractivity contribution in [2.45, 2.75) is 17.1 Å². The molecule has 1 aromatic heterocycles. The molecule has 0 saturated carbocycles. The maximum Gasteiger partial charge on any atom is 0.371 e. The van der Waals surface area contributed by atoms with Crippen LogP contribution in [0.2, 0.25) is 0 Å². The number of hydrogen-bond donors (Lipinski definition) is 1. The number of carboxylic acid groups (broad SMARTS) is 1. The minimum atomic E-state index is -3.72. The first-order chi connectivity index (χ1) is 8.82. The summed E-state index contributed by atoms with van der Waals surface area (Å²) in [6, 6.07) is 1.04. The molecule has 1 fully saturated rings. The lowest BCUT2D eigenvalue weighted by atomic mass is 10.4. The van der Waals surface area contributed by atoms with Gasteiger partial charge in [-0.3, -0.25) is 0 Å². The number of rotatable bonds is 3. The van der Waals surface area contributed by atoms with E-state index in [1.165, 1.54) is 4.31 Å². The Hall–Kier alpha value is -0.510. The van der Waals surface area contributed by atoms with Gasteiger partial charge in [0, 0.05) is 30.2 Å². The van der Waals surface area contributed by atoms with E-state index >= 15 is 0 Å². The Kier molecular flexibility index (Phi) is 4.29. The van der Waals surface area contributed by atoms with Crippen LogP contribution in [0.25, 0.3) is 0 Å². The van der Waals surface area contributed by atoms with Gasteiger partial charge in [-0.25, -0.2) is 13.2 Å². The van der Waals surface area contributed by atoms with Crippen LogP contribution in [0.5, 0.6) is 0 Å². The van der Waals surface area contributed by atoms with Crippen LogP contribution in [0.15, 0.2) is 20.0 Å². The van der Waals surface area contributed by atoms with Crippen LogP contribution in [0, 0.1) is 0 Å². The number of carbonyl (C=O) groups is 1. The Morgan fingerprint density at radius 1 is 1.63 bits per heavy atom. The predicted octanol–water partition coefficient (Wildman–Crippen LogP) is 1.87. The Morgan fingerprint density at radius 2 is 2.32 bits per heavy atom. The molecule has 106 valence electrons. The Bertz CT molecular complexity index is 597. The van der Waals surface area contributed by atoms with Gasteiger partial charge in [0.05, 0.1) is 0 Å². The molecule has 2 heterocycles. The summed E-state index contributed by atoms with van der Waals surface area (Å²) in [6.45, 7) is 2.78. The lowest BCUT2D eigenvalue weighted by Crippen LogP contribution is -2.40. The summed E-state index contributed by atoms with van der Waals surface area (Å²) >= 11 is 4.67. The molecule has 1 aliphatic rings. The average Bonchev–Trinajstić information content (AvgIpc) is 2.72. The first-order valence-electron chi connectivity index (χ1n) is 5.46.